The molecule has 0 bridgehead atoms. The smallest absolute Gasteiger partial charge is 0.339 e. The van der Waals surface area contributed by atoms with Crippen LogP contribution < -0.4 is 4.90 Å². The highest BCUT2D eigenvalue weighted by Crippen LogP contribution is 2.27. The van der Waals surface area contributed by atoms with Crippen LogP contribution in [0.4, 0.5) is 5.82 Å². The zero-order valence-electron chi connectivity index (χ0n) is 17.6. The van der Waals surface area contributed by atoms with Crippen molar-refractivity contribution in [3.63, 3.8) is 0 Å². The number of pyridine rings is 1. The lowest BCUT2D eigenvalue weighted by molar-refractivity contribution is 0.0600. The number of fused-ring (bicyclic) bond motifs is 1. The summed E-state index contributed by atoms with van der Waals surface area (Å²) in [5.41, 5.74) is 1.17. The fourth-order valence-corrected chi connectivity index (χ4v) is 3.90. The van der Waals surface area contributed by atoms with E-state index in [0.29, 0.717) is 12.3 Å². The Morgan fingerprint density at radius 2 is 1.93 bits per heavy atom. The highest BCUT2D eigenvalue weighted by atomic mass is 28.3. The first-order valence-corrected chi connectivity index (χ1v) is 13.5. The van der Waals surface area contributed by atoms with E-state index in [1.54, 1.807) is 10.9 Å². The zero-order chi connectivity index (χ0) is 20.3. The molecular weight excluding hydrogens is 374 g/mol. The van der Waals surface area contributed by atoms with Gasteiger partial charge in [-0.25, -0.2) is 14.5 Å². The largest absolute Gasteiger partial charge is 0.465 e. The summed E-state index contributed by atoms with van der Waals surface area (Å²) in [5, 5.41) is 5.66. The van der Waals surface area contributed by atoms with E-state index in [4.69, 9.17) is 14.6 Å². The fourth-order valence-electron chi connectivity index (χ4n) is 3.14. The van der Waals surface area contributed by atoms with Crippen LogP contribution in [0.25, 0.3) is 11.0 Å². The fraction of sp³-hybridized carbons (Fsp3) is 0.632. The molecule has 154 valence electrons. The molecule has 1 aliphatic heterocycles. The maximum Gasteiger partial charge on any atom is 0.339 e. The molecular formula is C19H31N5O3Si. The van der Waals surface area contributed by atoms with Gasteiger partial charge >= 0.3 is 5.97 Å². The van der Waals surface area contributed by atoms with Crippen molar-refractivity contribution in [3.8, 4) is 0 Å². The molecule has 2 aromatic heterocycles. The molecule has 0 atom stereocenters. The van der Waals surface area contributed by atoms with Crippen molar-refractivity contribution in [2.45, 2.75) is 32.4 Å². The van der Waals surface area contributed by atoms with Crippen molar-refractivity contribution in [2.24, 2.45) is 0 Å². The van der Waals surface area contributed by atoms with E-state index in [9.17, 15) is 4.79 Å². The number of esters is 1. The minimum Gasteiger partial charge on any atom is -0.465 e. The van der Waals surface area contributed by atoms with Crippen molar-refractivity contribution in [1.82, 2.24) is 19.7 Å². The van der Waals surface area contributed by atoms with E-state index in [0.717, 1.165) is 55.7 Å². The van der Waals surface area contributed by atoms with Gasteiger partial charge in [-0.05, 0) is 19.2 Å². The zero-order valence-corrected chi connectivity index (χ0v) is 18.6. The maximum absolute atomic E-state index is 12.0. The van der Waals surface area contributed by atoms with E-state index >= 15 is 0 Å². The van der Waals surface area contributed by atoms with E-state index in [2.05, 4.69) is 41.5 Å². The summed E-state index contributed by atoms with van der Waals surface area (Å²) in [5.74, 6) is 0.466. The summed E-state index contributed by atoms with van der Waals surface area (Å²) in [4.78, 5) is 21.0. The first-order valence-electron chi connectivity index (χ1n) is 9.74. The minimum absolute atomic E-state index is 0.360. The Balaban J connectivity index is 1.87. The van der Waals surface area contributed by atoms with Crippen LogP contribution in [0.15, 0.2) is 12.3 Å². The molecule has 3 rings (SSSR count). The monoisotopic (exact) mass is 405 g/mol. The van der Waals surface area contributed by atoms with Crippen LogP contribution in [0.1, 0.15) is 10.4 Å². The Morgan fingerprint density at radius 3 is 2.57 bits per heavy atom. The third kappa shape index (κ3) is 4.89. The van der Waals surface area contributed by atoms with Gasteiger partial charge in [0.2, 0.25) is 0 Å². The van der Waals surface area contributed by atoms with Gasteiger partial charge in [-0.3, -0.25) is 0 Å². The van der Waals surface area contributed by atoms with Gasteiger partial charge in [-0.15, -0.1) is 0 Å². The number of aromatic nitrogens is 3. The summed E-state index contributed by atoms with van der Waals surface area (Å²) in [6.07, 6.45) is 1.54. The van der Waals surface area contributed by atoms with Crippen molar-refractivity contribution in [3.05, 3.63) is 17.8 Å². The van der Waals surface area contributed by atoms with Crippen LogP contribution in [0, 0.1) is 0 Å². The summed E-state index contributed by atoms with van der Waals surface area (Å²) < 4.78 is 12.6. The van der Waals surface area contributed by atoms with Crippen LogP contribution in [0.2, 0.25) is 25.7 Å². The molecule has 3 heterocycles. The van der Waals surface area contributed by atoms with Crippen molar-refractivity contribution in [1.29, 1.82) is 0 Å². The summed E-state index contributed by atoms with van der Waals surface area (Å²) in [6, 6.07) is 2.94. The normalized spacial score (nSPS) is 16.0. The predicted octanol–water partition coefficient (Wildman–Crippen LogP) is 2.28. The molecule has 0 unspecified atom stereocenters. The highest BCUT2D eigenvalue weighted by Gasteiger charge is 2.23. The second-order valence-electron chi connectivity index (χ2n) is 8.55. The standard InChI is InChI=1S/C19H31N5O3Si/c1-22-6-8-23(9-7-22)18-16-12-15(19(25)26-2)13-20-17(16)24(21-18)14-27-10-11-28(3,4)5/h12-13H,6-11,14H2,1-5H3. The SMILES string of the molecule is COC(=O)c1cnc2c(c1)c(N1CCN(C)CC1)nn2COCC[Si](C)(C)C. The van der Waals surface area contributed by atoms with Crippen molar-refractivity contribution < 1.29 is 14.3 Å². The molecule has 1 aliphatic rings. The summed E-state index contributed by atoms with van der Waals surface area (Å²) in [6.45, 7) is 11.8. The molecule has 9 heteroatoms. The maximum atomic E-state index is 12.0. The Morgan fingerprint density at radius 1 is 1.21 bits per heavy atom. The molecule has 0 N–H and O–H groups in total. The number of anilines is 1. The molecule has 0 saturated carbocycles. The quantitative estimate of drug-likeness (QED) is 0.397. The van der Waals surface area contributed by atoms with Gasteiger partial charge in [-0.2, -0.15) is 5.10 Å². The molecule has 1 fully saturated rings. The third-order valence-corrected chi connectivity index (χ3v) is 6.71. The molecule has 2 aromatic rings. The van der Waals surface area contributed by atoms with Gasteiger partial charge < -0.3 is 19.3 Å². The van der Waals surface area contributed by atoms with E-state index in [1.165, 1.54) is 7.11 Å². The number of hydrogen-bond donors (Lipinski definition) is 0. The first kappa shape index (κ1) is 20.8. The lowest BCUT2D eigenvalue weighted by atomic mass is 10.2. The van der Waals surface area contributed by atoms with Crippen LogP contribution >= 0.6 is 0 Å². The van der Waals surface area contributed by atoms with Crippen molar-refractivity contribution in [2.75, 3.05) is 51.8 Å². The van der Waals surface area contributed by atoms with Gasteiger partial charge in [0, 0.05) is 47.1 Å². The van der Waals surface area contributed by atoms with Crippen LogP contribution in [-0.4, -0.2) is 80.7 Å². The molecule has 1 saturated heterocycles. The third-order valence-electron chi connectivity index (χ3n) is 5.00. The molecule has 8 nitrogen and oxygen atoms in total. The second kappa shape index (κ2) is 8.58. The van der Waals surface area contributed by atoms with Crippen LogP contribution in [-0.2, 0) is 16.2 Å². The number of methoxy groups -OCH3 is 1. The first-order chi connectivity index (χ1) is 13.3. The van der Waals surface area contributed by atoms with Gasteiger partial charge in [0.15, 0.2) is 11.5 Å². The number of ether oxygens (including phenoxy) is 2. The average Bonchev–Trinajstić information content (AvgIpc) is 3.02. The number of likely N-dealkylation sites (N-methyl/N-ethyl adjacent to an activating group) is 1. The van der Waals surface area contributed by atoms with Crippen molar-refractivity contribution >= 4 is 30.9 Å². The van der Waals surface area contributed by atoms with E-state index < -0.39 is 14.0 Å². The molecule has 28 heavy (non-hydrogen) atoms. The number of carbonyl (C=O) groups is 1. The average molecular weight is 406 g/mol. The van der Waals surface area contributed by atoms with Gasteiger partial charge in [0.25, 0.3) is 0 Å². The Bertz CT molecular complexity index is 825. The highest BCUT2D eigenvalue weighted by molar-refractivity contribution is 6.76. The number of nitrogens with zero attached hydrogens (tertiary/aromatic N) is 5. The van der Waals surface area contributed by atoms with E-state index in [-0.39, 0.29) is 0 Å². The minimum atomic E-state index is -1.14. The Kier molecular flexibility index (Phi) is 6.36. The van der Waals surface area contributed by atoms with Gasteiger partial charge in [0.1, 0.15) is 6.73 Å². The molecule has 0 aromatic carbocycles. The molecule has 0 radical (unpaired) electrons. The lowest BCUT2D eigenvalue weighted by Gasteiger charge is -2.32. The predicted molar refractivity (Wildman–Crippen MR) is 113 cm³/mol. The topological polar surface area (TPSA) is 72.7 Å². The molecule has 0 amide bonds. The van der Waals surface area contributed by atoms with E-state index in [1.807, 2.05) is 6.07 Å². The van der Waals surface area contributed by atoms with Crippen LogP contribution in [0.5, 0.6) is 0 Å². The summed E-state index contributed by atoms with van der Waals surface area (Å²) >= 11 is 0. The Labute approximate surface area is 167 Å². The number of carbonyl (C=O) groups excluding carboxylic acids is 1. The Hall–Kier alpha value is -1.97. The van der Waals surface area contributed by atoms with Crippen LogP contribution in [0.3, 0.4) is 0 Å². The number of piperazine rings is 1. The van der Waals surface area contributed by atoms with Gasteiger partial charge in [0.05, 0.1) is 18.1 Å². The lowest BCUT2D eigenvalue weighted by Crippen LogP contribution is -2.44. The number of hydrogen-bond acceptors (Lipinski definition) is 7. The summed E-state index contributed by atoms with van der Waals surface area (Å²) in [7, 11) is 2.36. The second-order valence-corrected chi connectivity index (χ2v) is 14.2. The molecule has 0 aliphatic carbocycles. The molecule has 0 spiro atoms. The number of rotatable bonds is 7. The van der Waals surface area contributed by atoms with Gasteiger partial charge in [-0.1, -0.05) is 19.6 Å².